The maximum Gasteiger partial charge on any atom is 0.257 e. The van der Waals surface area contributed by atoms with E-state index in [1.807, 2.05) is 0 Å². The van der Waals surface area contributed by atoms with Crippen molar-refractivity contribution in [1.82, 2.24) is 10.3 Å². The molecule has 2 amide bonds. The Morgan fingerprint density at radius 2 is 1.81 bits per heavy atom. The molecule has 0 spiro atoms. The number of hydrogen-bond acceptors (Lipinski definition) is 3. The molecule has 0 radical (unpaired) electrons. The highest BCUT2D eigenvalue weighted by Crippen LogP contribution is 2.20. The van der Waals surface area contributed by atoms with Crippen molar-refractivity contribution in [2.75, 3.05) is 5.32 Å². The van der Waals surface area contributed by atoms with E-state index >= 15 is 0 Å². The number of anilines is 1. The predicted octanol–water partition coefficient (Wildman–Crippen LogP) is 4.06. The molecule has 3 aromatic rings. The third-order valence-corrected chi connectivity index (χ3v) is 4.13. The highest BCUT2D eigenvalue weighted by atomic mass is 35.5. The van der Waals surface area contributed by atoms with Gasteiger partial charge in [-0.05, 0) is 35.9 Å². The van der Waals surface area contributed by atoms with Gasteiger partial charge in [0.2, 0.25) is 0 Å². The molecule has 0 aliphatic carbocycles. The van der Waals surface area contributed by atoms with Crippen LogP contribution in [-0.4, -0.2) is 16.8 Å². The maximum atomic E-state index is 13.9. The van der Waals surface area contributed by atoms with E-state index in [2.05, 4.69) is 15.6 Å². The number of carbonyl (C=O) groups excluding carboxylic acids is 2. The Labute approximate surface area is 160 Å². The summed E-state index contributed by atoms with van der Waals surface area (Å²) in [6, 6.07) is 14.4. The molecule has 1 heterocycles. The van der Waals surface area contributed by atoms with Gasteiger partial charge in [-0.2, -0.15) is 0 Å². The molecule has 0 saturated heterocycles. The Morgan fingerprint density at radius 3 is 2.56 bits per heavy atom. The van der Waals surface area contributed by atoms with Gasteiger partial charge in [-0.1, -0.05) is 35.9 Å². The number of halogens is 2. The second kappa shape index (κ2) is 8.42. The van der Waals surface area contributed by atoms with Gasteiger partial charge in [0.1, 0.15) is 5.82 Å². The van der Waals surface area contributed by atoms with Gasteiger partial charge in [0.15, 0.2) is 0 Å². The Kier molecular flexibility index (Phi) is 5.78. The summed E-state index contributed by atoms with van der Waals surface area (Å²) in [5.74, 6) is -1.65. The van der Waals surface area contributed by atoms with E-state index in [0.717, 1.165) is 0 Å². The fourth-order valence-electron chi connectivity index (χ4n) is 2.47. The van der Waals surface area contributed by atoms with Gasteiger partial charge in [-0.25, -0.2) is 4.39 Å². The summed E-state index contributed by atoms with van der Waals surface area (Å²) in [5.41, 5.74) is 1.40. The lowest BCUT2D eigenvalue weighted by Crippen LogP contribution is -2.25. The van der Waals surface area contributed by atoms with E-state index in [0.29, 0.717) is 16.8 Å². The zero-order valence-corrected chi connectivity index (χ0v) is 14.8. The molecule has 7 heteroatoms. The largest absolute Gasteiger partial charge is 0.348 e. The Bertz CT molecular complexity index is 960. The van der Waals surface area contributed by atoms with Crippen LogP contribution in [0.2, 0.25) is 5.02 Å². The van der Waals surface area contributed by atoms with Crippen molar-refractivity contribution in [3.8, 4) is 0 Å². The van der Waals surface area contributed by atoms with Crippen molar-refractivity contribution < 1.29 is 14.0 Å². The van der Waals surface area contributed by atoms with Crippen molar-refractivity contribution >= 4 is 29.1 Å². The number of amides is 2. The molecule has 27 heavy (non-hydrogen) atoms. The van der Waals surface area contributed by atoms with Gasteiger partial charge in [0, 0.05) is 24.6 Å². The lowest BCUT2D eigenvalue weighted by Gasteiger charge is -2.12. The van der Waals surface area contributed by atoms with Gasteiger partial charge >= 0.3 is 0 Å². The normalized spacial score (nSPS) is 10.3. The number of benzene rings is 2. The number of hydrogen-bond donors (Lipinski definition) is 2. The number of nitrogens with zero attached hydrogens (tertiary/aromatic N) is 1. The maximum absolute atomic E-state index is 13.9. The van der Waals surface area contributed by atoms with E-state index in [1.54, 1.807) is 42.6 Å². The zero-order chi connectivity index (χ0) is 19.2. The molecule has 0 saturated carbocycles. The Balaban J connectivity index is 1.73. The fraction of sp³-hybridized carbons (Fsp3) is 0.0500. The topological polar surface area (TPSA) is 71.1 Å². The Hall–Kier alpha value is -3.25. The predicted molar refractivity (Wildman–Crippen MR) is 101 cm³/mol. The van der Waals surface area contributed by atoms with Crippen LogP contribution in [0.5, 0.6) is 0 Å². The SMILES string of the molecule is O=C(Nc1ccccc1CNC(=O)c1c(F)cccc1Cl)c1cccnc1. The Morgan fingerprint density at radius 1 is 1.00 bits per heavy atom. The van der Waals surface area contributed by atoms with Gasteiger partial charge < -0.3 is 10.6 Å². The number of rotatable bonds is 5. The minimum Gasteiger partial charge on any atom is -0.348 e. The zero-order valence-electron chi connectivity index (χ0n) is 14.1. The number of carbonyl (C=O) groups is 2. The summed E-state index contributed by atoms with van der Waals surface area (Å²) in [6.45, 7) is 0.0903. The van der Waals surface area contributed by atoms with E-state index in [-0.39, 0.29) is 23.0 Å². The first-order valence-corrected chi connectivity index (χ1v) is 8.45. The first kappa shape index (κ1) is 18.5. The summed E-state index contributed by atoms with van der Waals surface area (Å²) < 4.78 is 13.9. The lowest BCUT2D eigenvalue weighted by molar-refractivity contribution is 0.0946. The molecule has 0 aliphatic rings. The number of pyridine rings is 1. The molecule has 5 nitrogen and oxygen atoms in total. The van der Waals surface area contributed by atoms with Crippen LogP contribution in [-0.2, 0) is 6.54 Å². The van der Waals surface area contributed by atoms with Crippen LogP contribution >= 0.6 is 11.6 Å². The van der Waals surface area contributed by atoms with Crippen LogP contribution in [0, 0.1) is 5.82 Å². The molecule has 1 aromatic heterocycles. The molecular weight excluding hydrogens is 369 g/mol. The second-order valence-corrected chi connectivity index (χ2v) is 6.04. The molecule has 0 aliphatic heterocycles. The van der Waals surface area contributed by atoms with Crippen molar-refractivity contribution in [2.45, 2.75) is 6.54 Å². The fourth-order valence-corrected chi connectivity index (χ4v) is 2.72. The summed E-state index contributed by atoms with van der Waals surface area (Å²) >= 11 is 5.91. The third kappa shape index (κ3) is 4.48. The van der Waals surface area contributed by atoms with Gasteiger partial charge in [-0.3, -0.25) is 14.6 Å². The van der Waals surface area contributed by atoms with Crippen LogP contribution in [0.3, 0.4) is 0 Å². The van der Waals surface area contributed by atoms with Gasteiger partial charge in [-0.15, -0.1) is 0 Å². The summed E-state index contributed by atoms with van der Waals surface area (Å²) in [4.78, 5) is 28.5. The summed E-state index contributed by atoms with van der Waals surface area (Å²) in [5, 5.41) is 5.44. The lowest BCUT2D eigenvalue weighted by atomic mass is 10.1. The molecule has 2 N–H and O–H groups in total. The summed E-state index contributed by atoms with van der Waals surface area (Å²) in [6.07, 6.45) is 3.04. The molecule has 3 rings (SSSR count). The highest BCUT2D eigenvalue weighted by Gasteiger charge is 2.16. The van der Waals surface area contributed by atoms with Crippen LogP contribution in [0.15, 0.2) is 67.0 Å². The van der Waals surface area contributed by atoms with Gasteiger partial charge in [0.25, 0.3) is 11.8 Å². The van der Waals surface area contributed by atoms with Crippen molar-refractivity contribution in [3.63, 3.8) is 0 Å². The van der Waals surface area contributed by atoms with E-state index in [1.165, 1.54) is 24.4 Å². The van der Waals surface area contributed by atoms with Crippen molar-refractivity contribution in [3.05, 3.63) is 94.5 Å². The van der Waals surface area contributed by atoms with Crippen molar-refractivity contribution in [1.29, 1.82) is 0 Å². The molecule has 0 unspecified atom stereocenters. The molecule has 136 valence electrons. The molecule has 2 aromatic carbocycles. The second-order valence-electron chi connectivity index (χ2n) is 5.63. The highest BCUT2D eigenvalue weighted by molar-refractivity contribution is 6.33. The first-order chi connectivity index (χ1) is 13.1. The number of aromatic nitrogens is 1. The average molecular weight is 384 g/mol. The third-order valence-electron chi connectivity index (χ3n) is 3.82. The molecule has 0 atom stereocenters. The van der Waals surface area contributed by atoms with E-state index < -0.39 is 11.7 Å². The molecule has 0 fully saturated rings. The van der Waals surface area contributed by atoms with Gasteiger partial charge in [0.05, 0.1) is 16.1 Å². The molecular formula is C20H15ClFN3O2. The van der Waals surface area contributed by atoms with Crippen LogP contribution in [0.4, 0.5) is 10.1 Å². The van der Waals surface area contributed by atoms with E-state index in [9.17, 15) is 14.0 Å². The van der Waals surface area contributed by atoms with E-state index in [4.69, 9.17) is 11.6 Å². The minimum atomic E-state index is -0.696. The smallest absolute Gasteiger partial charge is 0.257 e. The minimum absolute atomic E-state index is 0.0330. The standard InChI is InChI=1S/C20H15ClFN3O2/c21-15-7-3-8-16(22)18(15)20(27)24-12-13-5-1-2-9-17(13)25-19(26)14-6-4-10-23-11-14/h1-11H,12H2,(H,24,27)(H,25,26). The quantitative estimate of drug-likeness (QED) is 0.698. The van der Waals surface area contributed by atoms with Crippen LogP contribution in [0.25, 0.3) is 0 Å². The molecule has 0 bridgehead atoms. The van der Waals surface area contributed by atoms with Crippen LogP contribution < -0.4 is 10.6 Å². The summed E-state index contributed by atoms with van der Waals surface area (Å²) in [7, 11) is 0. The van der Waals surface area contributed by atoms with Crippen molar-refractivity contribution in [2.24, 2.45) is 0 Å². The number of para-hydroxylation sites is 1. The number of nitrogens with one attached hydrogen (secondary N) is 2. The first-order valence-electron chi connectivity index (χ1n) is 8.08. The average Bonchev–Trinajstić information content (AvgIpc) is 2.68. The van der Waals surface area contributed by atoms with Crippen LogP contribution in [0.1, 0.15) is 26.3 Å². The monoisotopic (exact) mass is 383 g/mol.